The summed E-state index contributed by atoms with van der Waals surface area (Å²) in [4.78, 5) is 23.3. The predicted molar refractivity (Wildman–Crippen MR) is 105 cm³/mol. The second-order valence-corrected chi connectivity index (χ2v) is 5.96. The summed E-state index contributed by atoms with van der Waals surface area (Å²) in [6.45, 7) is 3.38. The molecule has 136 valence electrons. The first kappa shape index (κ1) is 18.1. The molecule has 2 aromatic carbocycles. The standard InChI is InChI=1S/C20H19N5O2/c1-13-5-3-4-6-17(13)23-20(27)18-11-12-19(25-24-18)22-16-9-7-15(8-10-16)21-14(2)26/h3-12H,1-2H3,(H,21,26)(H,22,25)(H,23,27). The average molecular weight is 361 g/mol. The van der Waals surface area contributed by atoms with Gasteiger partial charge in [0.1, 0.15) is 0 Å². The molecule has 2 amide bonds. The van der Waals surface area contributed by atoms with E-state index in [0.717, 1.165) is 16.9 Å². The Bertz CT molecular complexity index is 953. The third-order valence-electron chi connectivity index (χ3n) is 3.77. The minimum atomic E-state index is -0.317. The molecule has 7 nitrogen and oxygen atoms in total. The third kappa shape index (κ3) is 4.88. The lowest BCUT2D eigenvalue weighted by Crippen LogP contribution is -2.15. The fourth-order valence-electron chi connectivity index (χ4n) is 2.41. The molecule has 0 bridgehead atoms. The van der Waals surface area contributed by atoms with Gasteiger partial charge < -0.3 is 16.0 Å². The molecule has 0 aliphatic rings. The summed E-state index contributed by atoms with van der Waals surface area (Å²) in [5, 5.41) is 16.6. The maximum Gasteiger partial charge on any atom is 0.276 e. The normalized spacial score (nSPS) is 10.1. The number of carbonyl (C=O) groups excluding carboxylic acids is 2. The van der Waals surface area contributed by atoms with Gasteiger partial charge in [-0.05, 0) is 55.0 Å². The predicted octanol–water partition coefficient (Wildman–Crippen LogP) is 3.74. The summed E-state index contributed by atoms with van der Waals surface area (Å²) in [5.74, 6) is 0.0684. The van der Waals surface area contributed by atoms with Gasteiger partial charge in [0.15, 0.2) is 11.5 Å². The van der Waals surface area contributed by atoms with Crippen molar-refractivity contribution in [1.29, 1.82) is 0 Å². The van der Waals surface area contributed by atoms with Crippen LogP contribution >= 0.6 is 0 Å². The van der Waals surface area contributed by atoms with Crippen LogP contribution in [0.2, 0.25) is 0 Å². The molecule has 3 N–H and O–H groups in total. The number of nitrogens with zero attached hydrogens (tertiary/aromatic N) is 2. The molecule has 0 fully saturated rings. The number of para-hydroxylation sites is 1. The van der Waals surface area contributed by atoms with Crippen molar-refractivity contribution in [2.45, 2.75) is 13.8 Å². The molecule has 1 heterocycles. The van der Waals surface area contributed by atoms with Crippen LogP contribution in [-0.2, 0) is 4.79 Å². The highest BCUT2D eigenvalue weighted by molar-refractivity contribution is 6.03. The maximum atomic E-state index is 12.3. The monoisotopic (exact) mass is 361 g/mol. The van der Waals surface area contributed by atoms with Gasteiger partial charge in [-0.3, -0.25) is 9.59 Å². The molecule has 0 spiro atoms. The summed E-state index contributed by atoms with van der Waals surface area (Å²) in [5.41, 5.74) is 3.44. The molecule has 3 rings (SSSR count). The second kappa shape index (κ2) is 8.09. The van der Waals surface area contributed by atoms with Crippen molar-refractivity contribution in [2.24, 2.45) is 0 Å². The van der Waals surface area contributed by atoms with Crippen LogP contribution in [0.5, 0.6) is 0 Å². The van der Waals surface area contributed by atoms with Crippen molar-refractivity contribution in [3.8, 4) is 0 Å². The Hall–Kier alpha value is -3.74. The van der Waals surface area contributed by atoms with E-state index in [4.69, 9.17) is 0 Å². The van der Waals surface area contributed by atoms with Gasteiger partial charge in [-0.25, -0.2) is 0 Å². The largest absolute Gasteiger partial charge is 0.339 e. The number of nitrogens with one attached hydrogen (secondary N) is 3. The lowest BCUT2D eigenvalue weighted by molar-refractivity contribution is -0.114. The second-order valence-electron chi connectivity index (χ2n) is 5.96. The van der Waals surface area contributed by atoms with E-state index in [1.165, 1.54) is 6.92 Å². The van der Waals surface area contributed by atoms with Crippen LogP contribution in [0.25, 0.3) is 0 Å². The van der Waals surface area contributed by atoms with Crippen molar-refractivity contribution in [3.63, 3.8) is 0 Å². The molecule has 0 aliphatic carbocycles. The molecule has 0 radical (unpaired) electrons. The van der Waals surface area contributed by atoms with E-state index in [-0.39, 0.29) is 17.5 Å². The molecule has 0 unspecified atom stereocenters. The number of benzene rings is 2. The molecule has 0 saturated carbocycles. The van der Waals surface area contributed by atoms with Gasteiger partial charge in [0.25, 0.3) is 5.91 Å². The third-order valence-corrected chi connectivity index (χ3v) is 3.77. The van der Waals surface area contributed by atoms with Crippen LogP contribution in [-0.4, -0.2) is 22.0 Å². The van der Waals surface area contributed by atoms with Crippen molar-refractivity contribution in [2.75, 3.05) is 16.0 Å². The molecule has 27 heavy (non-hydrogen) atoms. The molecule has 0 saturated heterocycles. The van der Waals surface area contributed by atoms with E-state index in [0.29, 0.717) is 11.5 Å². The van der Waals surface area contributed by atoms with Crippen LogP contribution in [0.3, 0.4) is 0 Å². The minimum Gasteiger partial charge on any atom is -0.339 e. The number of hydrogen-bond acceptors (Lipinski definition) is 5. The van der Waals surface area contributed by atoms with E-state index in [1.807, 2.05) is 43.3 Å². The first-order chi connectivity index (χ1) is 13.0. The van der Waals surface area contributed by atoms with E-state index in [9.17, 15) is 9.59 Å². The van der Waals surface area contributed by atoms with Crippen LogP contribution in [0, 0.1) is 6.92 Å². The summed E-state index contributed by atoms with van der Waals surface area (Å²) >= 11 is 0. The van der Waals surface area contributed by atoms with Gasteiger partial charge in [0.05, 0.1) is 0 Å². The fraction of sp³-hybridized carbons (Fsp3) is 0.100. The Labute approximate surface area is 156 Å². The van der Waals surface area contributed by atoms with Gasteiger partial charge in [-0.15, -0.1) is 10.2 Å². The Morgan fingerprint density at radius 2 is 1.52 bits per heavy atom. The smallest absolute Gasteiger partial charge is 0.276 e. The SMILES string of the molecule is CC(=O)Nc1ccc(Nc2ccc(C(=O)Nc3ccccc3C)nn2)cc1. The quantitative estimate of drug-likeness (QED) is 0.643. The number of carbonyl (C=O) groups is 2. The zero-order valence-corrected chi connectivity index (χ0v) is 15.0. The lowest BCUT2D eigenvalue weighted by Gasteiger charge is -2.09. The Kier molecular flexibility index (Phi) is 5.41. The first-order valence-electron chi connectivity index (χ1n) is 8.36. The van der Waals surface area contributed by atoms with Gasteiger partial charge in [0.2, 0.25) is 5.91 Å². The zero-order chi connectivity index (χ0) is 19.2. The Morgan fingerprint density at radius 3 is 2.15 bits per heavy atom. The summed E-state index contributed by atoms with van der Waals surface area (Å²) in [7, 11) is 0. The highest BCUT2D eigenvalue weighted by atomic mass is 16.2. The summed E-state index contributed by atoms with van der Waals surface area (Å²) in [6.07, 6.45) is 0. The molecular weight excluding hydrogens is 342 g/mol. The summed E-state index contributed by atoms with van der Waals surface area (Å²) < 4.78 is 0. The van der Waals surface area contributed by atoms with Gasteiger partial charge in [-0.2, -0.15) is 0 Å². The van der Waals surface area contributed by atoms with E-state index < -0.39 is 0 Å². The maximum absolute atomic E-state index is 12.3. The molecule has 1 aromatic heterocycles. The highest BCUT2D eigenvalue weighted by Gasteiger charge is 2.10. The average Bonchev–Trinajstić information content (AvgIpc) is 2.65. The highest BCUT2D eigenvalue weighted by Crippen LogP contribution is 2.18. The Balaban J connectivity index is 1.64. The number of hydrogen-bond donors (Lipinski definition) is 3. The van der Waals surface area contributed by atoms with Crippen molar-refractivity contribution in [3.05, 3.63) is 71.9 Å². The van der Waals surface area contributed by atoms with Crippen molar-refractivity contribution < 1.29 is 9.59 Å². The molecule has 3 aromatic rings. The first-order valence-corrected chi connectivity index (χ1v) is 8.36. The lowest BCUT2D eigenvalue weighted by atomic mass is 10.2. The van der Waals surface area contributed by atoms with Crippen LogP contribution in [0.1, 0.15) is 23.0 Å². The van der Waals surface area contributed by atoms with E-state index >= 15 is 0 Å². The molecule has 0 aliphatic heterocycles. The van der Waals surface area contributed by atoms with E-state index in [1.54, 1.807) is 24.3 Å². The number of rotatable bonds is 5. The molecule has 0 atom stereocenters. The van der Waals surface area contributed by atoms with Crippen LogP contribution < -0.4 is 16.0 Å². The van der Waals surface area contributed by atoms with Gasteiger partial charge in [-0.1, -0.05) is 18.2 Å². The number of aryl methyl sites for hydroxylation is 1. The van der Waals surface area contributed by atoms with Crippen LogP contribution in [0.15, 0.2) is 60.7 Å². The van der Waals surface area contributed by atoms with Crippen molar-refractivity contribution in [1.82, 2.24) is 10.2 Å². The van der Waals surface area contributed by atoms with Gasteiger partial charge >= 0.3 is 0 Å². The number of anilines is 4. The number of amides is 2. The molecular formula is C20H19N5O2. The zero-order valence-electron chi connectivity index (χ0n) is 15.0. The summed E-state index contributed by atoms with van der Waals surface area (Å²) in [6, 6.07) is 18.0. The topological polar surface area (TPSA) is 96.0 Å². The van der Waals surface area contributed by atoms with E-state index in [2.05, 4.69) is 26.1 Å². The fourth-order valence-corrected chi connectivity index (χ4v) is 2.41. The molecule has 7 heteroatoms. The minimum absolute atomic E-state index is 0.124. The Morgan fingerprint density at radius 1 is 0.815 bits per heavy atom. The van der Waals surface area contributed by atoms with Crippen molar-refractivity contribution >= 4 is 34.7 Å². The van der Waals surface area contributed by atoms with Gasteiger partial charge in [0, 0.05) is 24.0 Å². The number of aromatic nitrogens is 2. The van der Waals surface area contributed by atoms with Crippen LogP contribution in [0.4, 0.5) is 22.9 Å².